The van der Waals surface area contributed by atoms with Crippen LogP contribution in [0, 0.1) is 5.92 Å². The minimum Gasteiger partial charge on any atom is -0.493 e. The van der Waals surface area contributed by atoms with Crippen molar-refractivity contribution in [2.45, 2.75) is 51.4 Å². The summed E-state index contributed by atoms with van der Waals surface area (Å²) >= 11 is 0. The third-order valence-corrected chi connectivity index (χ3v) is 6.47. The first-order valence-electron chi connectivity index (χ1n) is 12.3. The number of nitrogens with one attached hydrogen (secondary N) is 1. The lowest BCUT2D eigenvalue weighted by Crippen LogP contribution is -2.56. The molecule has 0 spiro atoms. The van der Waals surface area contributed by atoms with Gasteiger partial charge in [0.15, 0.2) is 11.5 Å². The summed E-state index contributed by atoms with van der Waals surface area (Å²) in [7, 11) is 1.44. The molecule has 4 atom stereocenters. The number of amides is 2. The summed E-state index contributed by atoms with van der Waals surface area (Å²) in [6.45, 7) is 6.23. The van der Waals surface area contributed by atoms with E-state index in [4.69, 9.17) is 14.2 Å². The van der Waals surface area contributed by atoms with E-state index in [0.29, 0.717) is 54.4 Å². The second-order valence-electron chi connectivity index (χ2n) is 9.31. The number of benzene rings is 1. The van der Waals surface area contributed by atoms with Gasteiger partial charge < -0.3 is 34.6 Å². The van der Waals surface area contributed by atoms with Gasteiger partial charge in [-0.15, -0.1) is 0 Å². The predicted molar refractivity (Wildman–Crippen MR) is 131 cm³/mol. The van der Waals surface area contributed by atoms with Crippen molar-refractivity contribution in [2.24, 2.45) is 5.92 Å². The van der Waals surface area contributed by atoms with Crippen LogP contribution >= 0.6 is 0 Å². The van der Waals surface area contributed by atoms with Crippen LogP contribution in [0.4, 0.5) is 0 Å². The highest BCUT2D eigenvalue weighted by atomic mass is 16.5. The van der Waals surface area contributed by atoms with Crippen molar-refractivity contribution in [3.8, 4) is 11.5 Å². The zero-order valence-electron chi connectivity index (χ0n) is 21.2. The van der Waals surface area contributed by atoms with E-state index >= 15 is 0 Å². The number of methoxy groups -OCH3 is 1. The van der Waals surface area contributed by atoms with Crippen molar-refractivity contribution in [1.82, 2.24) is 10.2 Å². The fourth-order valence-corrected chi connectivity index (χ4v) is 4.67. The average molecular weight is 505 g/mol. The summed E-state index contributed by atoms with van der Waals surface area (Å²) in [5.74, 6) is -0.505. The van der Waals surface area contributed by atoms with Gasteiger partial charge in [-0.25, -0.2) is 0 Å². The van der Waals surface area contributed by atoms with Gasteiger partial charge in [0.2, 0.25) is 11.8 Å². The van der Waals surface area contributed by atoms with Crippen molar-refractivity contribution >= 4 is 18.1 Å². The fraction of sp³-hybridized carbons (Fsp3) is 0.577. The van der Waals surface area contributed by atoms with Crippen LogP contribution in [0.15, 0.2) is 23.8 Å². The molecule has 1 aromatic carbocycles. The molecule has 1 aliphatic heterocycles. The van der Waals surface area contributed by atoms with Crippen LogP contribution in [-0.4, -0.2) is 91.5 Å². The summed E-state index contributed by atoms with van der Waals surface area (Å²) in [4.78, 5) is 39.5. The highest BCUT2D eigenvalue weighted by Crippen LogP contribution is 2.51. The number of hydrogen-bond donors (Lipinski definition) is 3. The number of ether oxygens (including phenoxy) is 3. The quantitative estimate of drug-likeness (QED) is 0.360. The zero-order chi connectivity index (χ0) is 26.4. The molecule has 0 saturated carbocycles. The van der Waals surface area contributed by atoms with Crippen molar-refractivity contribution in [3.63, 3.8) is 0 Å². The van der Waals surface area contributed by atoms with Gasteiger partial charge in [0, 0.05) is 36.4 Å². The third-order valence-electron chi connectivity index (χ3n) is 6.47. The van der Waals surface area contributed by atoms with Gasteiger partial charge in [-0.1, -0.05) is 13.8 Å². The maximum atomic E-state index is 13.2. The smallest absolute Gasteiger partial charge is 0.249 e. The number of nitrogens with zero attached hydrogens (tertiary/aromatic N) is 1. The Labute approximate surface area is 211 Å². The second kappa shape index (κ2) is 12.3. The largest absolute Gasteiger partial charge is 0.493 e. The van der Waals surface area contributed by atoms with Crippen LogP contribution in [0.3, 0.4) is 0 Å². The summed E-state index contributed by atoms with van der Waals surface area (Å²) in [5, 5.41) is 23.4. The van der Waals surface area contributed by atoms with Gasteiger partial charge in [0.1, 0.15) is 25.1 Å². The Morgan fingerprint density at radius 1 is 1.31 bits per heavy atom. The number of aldehydes is 1. The van der Waals surface area contributed by atoms with E-state index in [1.165, 1.54) is 18.1 Å². The number of aliphatic hydroxyl groups is 2. The van der Waals surface area contributed by atoms with Gasteiger partial charge in [0.25, 0.3) is 0 Å². The van der Waals surface area contributed by atoms with Gasteiger partial charge in [-0.2, -0.15) is 0 Å². The number of carbonyl (C=O) groups is 3. The van der Waals surface area contributed by atoms with E-state index in [1.807, 2.05) is 13.8 Å². The van der Waals surface area contributed by atoms with Crippen LogP contribution in [-0.2, 0) is 14.3 Å². The number of aliphatic hydroxyl groups excluding tert-OH is 2. The number of rotatable bonds is 12. The molecule has 2 amide bonds. The molecule has 10 nitrogen and oxygen atoms in total. The van der Waals surface area contributed by atoms with E-state index in [-0.39, 0.29) is 31.2 Å². The Balaban J connectivity index is 2.10. The molecule has 0 saturated heterocycles. The molecule has 0 aromatic heterocycles. The number of hydrogen-bond acceptors (Lipinski definition) is 8. The topological polar surface area (TPSA) is 135 Å². The molecule has 1 heterocycles. The Morgan fingerprint density at radius 3 is 2.67 bits per heavy atom. The lowest BCUT2D eigenvalue weighted by molar-refractivity contribution is -0.142. The van der Waals surface area contributed by atoms with E-state index in [0.717, 1.165) is 0 Å². The Hall–Kier alpha value is -2.95. The first kappa shape index (κ1) is 27.6. The SMILES string of the molecule is CCOCC(=O)N(CCC(C)C)[C@@H]1C=C(C(=O)NCCO)[C@@H]2c3cc(C=O)cc(OC)c3O[C@@H]2[C@H]1O. The van der Waals surface area contributed by atoms with E-state index < -0.39 is 30.1 Å². The Bertz CT molecular complexity index is 992. The third kappa shape index (κ3) is 5.71. The van der Waals surface area contributed by atoms with Gasteiger partial charge in [0.05, 0.1) is 25.7 Å². The lowest BCUT2D eigenvalue weighted by atomic mass is 9.77. The minimum atomic E-state index is -1.17. The molecule has 1 aliphatic carbocycles. The van der Waals surface area contributed by atoms with Crippen LogP contribution in [0.25, 0.3) is 0 Å². The summed E-state index contributed by atoms with van der Waals surface area (Å²) < 4.78 is 16.9. The first-order chi connectivity index (χ1) is 17.3. The summed E-state index contributed by atoms with van der Waals surface area (Å²) in [6.07, 6.45) is 0.891. The molecular weight excluding hydrogens is 468 g/mol. The molecule has 0 unspecified atom stereocenters. The maximum absolute atomic E-state index is 13.2. The molecule has 0 bridgehead atoms. The normalized spacial score (nSPS) is 22.2. The highest BCUT2D eigenvalue weighted by Gasteiger charge is 2.51. The van der Waals surface area contributed by atoms with E-state index in [1.54, 1.807) is 19.1 Å². The predicted octanol–water partition coefficient (Wildman–Crippen LogP) is 1.04. The molecule has 1 aromatic rings. The minimum absolute atomic E-state index is 0.0343. The molecular formula is C26H36N2O8. The van der Waals surface area contributed by atoms with Gasteiger partial charge >= 0.3 is 0 Å². The molecule has 10 heteroatoms. The fourth-order valence-electron chi connectivity index (χ4n) is 4.67. The maximum Gasteiger partial charge on any atom is 0.249 e. The van der Waals surface area contributed by atoms with Crippen molar-refractivity contribution < 1.29 is 38.8 Å². The van der Waals surface area contributed by atoms with Crippen LogP contribution in [0.1, 0.15) is 49.0 Å². The molecule has 198 valence electrons. The van der Waals surface area contributed by atoms with Crippen LogP contribution in [0.2, 0.25) is 0 Å². The van der Waals surface area contributed by atoms with Crippen molar-refractivity contribution in [1.29, 1.82) is 0 Å². The van der Waals surface area contributed by atoms with Crippen LogP contribution in [0.5, 0.6) is 11.5 Å². The van der Waals surface area contributed by atoms with E-state index in [2.05, 4.69) is 5.32 Å². The number of fused-ring (bicyclic) bond motifs is 3. The highest BCUT2D eigenvalue weighted by molar-refractivity contribution is 5.96. The Morgan fingerprint density at radius 2 is 2.06 bits per heavy atom. The van der Waals surface area contributed by atoms with Crippen molar-refractivity contribution in [2.75, 3.05) is 40.0 Å². The lowest BCUT2D eigenvalue weighted by Gasteiger charge is -2.41. The standard InChI is InChI=1S/C26H36N2O8/c1-5-35-14-21(31)28(8-6-15(2)3)19-12-18(26(33)27-7-9-29)22-17-10-16(13-30)11-20(34-4)24(17)36-25(22)23(19)32/h10-13,15,19,22-23,25,29,32H,5-9,14H2,1-4H3,(H,27,33)/t19-,22+,23+,25+/m1/s1. The average Bonchev–Trinajstić information content (AvgIpc) is 3.26. The van der Waals surface area contributed by atoms with Crippen molar-refractivity contribution in [3.05, 3.63) is 34.9 Å². The second-order valence-corrected chi connectivity index (χ2v) is 9.31. The molecule has 3 N–H and O–H groups in total. The van der Waals surface area contributed by atoms with E-state index in [9.17, 15) is 24.6 Å². The van der Waals surface area contributed by atoms with Gasteiger partial charge in [-0.05, 0) is 37.5 Å². The zero-order valence-corrected chi connectivity index (χ0v) is 21.2. The van der Waals surface area contributed by atoms with Gasteiger partial charge in [-0.3, -0.25) is 14.4 Å². The molecule has 0 radical (unpaired) electrons. The molecule has 0 fully saturated rings. The summed E-state index contributed by atoms with van der Waals surface area (Å²) in [6, 6.07) is 2.30. The Kier molecular flexibility index (Phi) is 9.47. The summed E-state index contributed by atoms with van der Waals surface area (Å²) in [5.41, 5.74) is 1.16. The number of carbonyl (C=O) groups excluding carboxylic acids is 3. The molecule has 3 rings (SSSR count). The first-order valence-corrected chi connectivity index (χ1v) is 12.3. The van der Waals surface area contributed by atoms with Crippen LogP contribution < -0.4 is 14.8 Å². The molecule has 2 aliphatic rings. The monoisotopic (exact) mass is 504 g/mol. The molecule has 36 heavy (non-hydrogen) atoms.